The van der Waals surface area contributed by atoms with Crippen molar-refractivity contribution in [1.29, 1.82) is 0 Å². The van der Waals surface area contributed by atoms with Crippen molar-refractivity contribution in [3.05, 3.63) is 91.3 Å². The first-order valence-electron chi connectivity index (χ1n) is 7.86. The van der Waals surface area contributed by atoms with Gasteiger partial charge < -0.3 is 10.1 Å². The second kappa shape index (κ2) is 9.01. The van der Waals surface area contributed by atoms with E-state index in [-0.39, 0.29) is 0 Å². The van der Waals surface area contributed by atoms with Gasteiger partial charge in [0.2, 0.25) is 0 Å². The number of ether oxygens (including phenoxy) is 1. The van der Waals surface area contributed by atoms with Crippen molar-refractivity contribution in [2.24, 2.45) is 0 Å². The average molecular weight is 472 g/mol. The fraction of sp³-hybridized carbons (Fsp3) is 0.100. The topological polar surface area (TPSA) is 21.3 Å². The third kappa shape index (κ3) is 5.08. The lowest BCUT2D eigenvalue weighted by molar-refractivity contribution is 0.304. The highest BCUT2D eigenvalue weighted by molar-refractivity contribution is 9.10. The van der Waals surface area contributed by atoms with Crippen LogP contribution < -0.4 is 10.1 Å². The van der Waals surface area contributed by atoms with E-state index >= 15 is 0 Å². The molecule has 1 N–H and O–H groups in total. The number of anilines is 1. The van der Waals surface area contributed by atoms with Gasteiger partial charge in [-0.15, -0.1) is 0 Å². The minimum Gasteiger partial charge on any atom is -0.488 e. The van der Waals surface area contributed by atoms with Gasteiger partial charge in [-0.1, -0.05) is 59.1 Å². The van der Waals surface area contributed by atoms with Crippen molar-refractivity contribution in [3.63, 3.8) is 0 Å². The van der Waals surface area contributed by atoms with E-state index in [0.717, 1.165) is 27.0 Å². The normalized spacial score (nSPS) is 10.6. The van der Waals surface area contributed by atoms with Gasteiger partial charge in [0.1, 0.15) is 12.4 Å². The molecule has 134 valence electrons. The van der Waals surface area contributed by atoms with Gasteiger partial charge in [-0.3, -0.25) is 0 Å². The van der Waals surface area contributed by atoms with Crippen LogP contribution in [0.5, 0.6) is 5.75 Å². The molecule has 0 atom stereocenters. The summed E-state index contributed by atoms with van der Waals surface area (Å²) in [6.07, 6.45) is 0. The first kappa shape index (κ1) is 19.4. The van der Waals surface area contributed by atoms with E-state index < -0.39 is 0 Å². The number of nitrogens with one attached hydrogen (secondary N) is 1. The third-order valence-electron chi connectivity index (χ3n) is 3.75. The van der Waals surface area contributed by atoms with Crippen molar-refractivity contribution in [3.8, 4) is 5.75 Å². The van der Waals surface area contributed by atoms with Crippen LogP contribution in [0.4, 0.5) is 5.69 Å². The van der Waals surface area contributed by atoms with Crippen LogP contribution in [-0.2, 0) is 13.2 Å². The summed E-state index contributed by atoms with van der Waals surface area (Å²) in [4.78, 5) is 0. The van der Waals surface area contributed by atoms with E-state index in [1.807, 2.05) is 48.5 Å². The highest BCUT2D eigenvalue weighted by Crippen LogP contribution is 2.29. The summed E-state index contributed by atoms with van der Waals surface area (Å²) in [6, 6.07) is 19.0. The number of hydrogen-bond donors (Lipinski definition) is 1. The molecule has 0 amide bonds. The molecule has 0 saturated carbocycles. The monoisotopic (exact) mass is 469 g/mol. The molecule has 26 heavy (non-hydrogen) atoms. The molecule has 0 aliphatic carbocycles. The molecule has 3 rings (SSSR count). The van der Waals surface area contributed by atoms with Crippen LogP contribution >= 0.6 is 50.7 Å². The molecule has 0 unspecified atom stereocenters. The molecule has 0 saturated heterocycles. The molecular formula is C20H15BrCl3NO. The number of benzene rings is 3. The maximum Gasteiger partial charge on any atom is 0.134 e. The van der Waals surface area contributed by atoms with Gasteiger partial charge in [0.15, 0.2) is 0 Å². The Balaban J connectivity index is 1.63. The van der Waals surface area contributed by atoms with Crippen LogP contribution in [0.25, 0.3) is 0 Å². The van der Waals surface area contributed by atoms with Gasteiger partial charge in [-0.2, -0.15) is 0 Å². The van der Waals surface area contributed by atoms with Crippen molar-refractivity contribution < 1.29 is 4.74 Å². The Kier molecular flexibility index (Phi) is 6.71. The van der Waals surface area contributed by atoms with Gasteiger partial charge >= 0.3 is 0 Å². The smallest absolute Gasteiger partial charge is 0.134 e. The number of para-hydroxylation sites is 1. The first-order chi connectivity index (χ1) is 12.5. The Morgan fingerprint density at radius 3 is 2.42 bits per heavy atom. The van der Waals surface area contributed by atoms with Crippen molar-refractivity contribution >= 4 is 56.4 Å². The molecule has 6 heteroatoms. The molecule has 0 spiro atoms. The van der Waals surface area contributed by atoms with Crippen LogP contribution in [0.1, 0.15) is 11.1 Å². The predicted molar refractivity (Wildman–Crippen MR) is 114 cm³/mol. The molecule has 2 nitrogen and oxygen atoms in total. The molecular weight excluding hydrogens is 456 g/mol. The highest BCUT2D eigenvalue weighted by Gasteiger charge is 2.07. The Bertz CT molecular complexity index is 917. The summed E-state index contributed by atoms with van der Waals surface area (Å²) < 4.78 is 6.74. The third-order valence-corrected chi connectivity index (χ3v) is 5.29. The standard InChI is InChI=1S/C20H15BrCl3NO/c21-16-9-13(11-25-19-4-2-1-3-17(19)23)5-8-20(16)26-12-14-6-7-15(22)10-18(14)24/h1-10,25H,11-12H2. The summed E-state index contributed by atoms with van der Waals surface area (Å²) in [5.74, 6) is 0.748. The predicted octanol–water partition coefficient (Wildman–Crippen LogP) is 7.60. The van der Waals surface area contributed by atoms with Crippen LogP contribution in [0.15, 0.2) is 65.1 Å². The highest BCUT2D eigenvalue weighted by atomic mass is 79.9. The fourth-order valence-electron chi connectivity index (χ4n) is 2.37. The van der Waals surface area contributed by atoms with Gasteiger partial charge in [0.05, 0.1) is 15.2 Å². The summed E-state index contributed by atoms with van der Waals surface area (Å²) >= 11 is 21.8. The van der Waals surface area contributed by atoms with E-state index in [0.29, 0.717) is 28.2 Å². The van der Waals surface area contributed by atoms with E-state index in [9.17, 15) is 0 Å². The van der Waals surface area contributed by atoms with Crippen molar-refractivity contribution in [2.75, 3.05) is 5.32 Å². The molecule has 3 aromatic carbocycles. The average Bonchev–Trinajstić information content (AvgIpc) is 2.61. The van der Waals surface area contributed by atoms with Crippen molar-refractivity contribution in [2.45, 2.75) is 13.2 Å². The zero-order valence-corrected chi connectivity index (χ0v) is 17.5. The summed E-state index contributed by atoms with van der Waals surface area (Å²) in [5.41, 5.74) is 2.89. The Morgan fingerprint density at radius 1 is 0.885 bits per heavy atom. The molecule has 0 fully saturated rings. The van der Waals surface area contributed by atoms with Crippen molar-refractivity contribution in [1.82, 2.24) is 0 Å². The molecule has 0 aromatic heterocycles. The van der Waals surface area contributed by atoms with Gasteiger partial charge in [0, 0.05) is 22.2 Å². The minimum atomic E-state index is 0.367. The van der Waals surface area contributed by atoms with E-state index in [1.54, 1.807) is 12.1 Å². The van der Waals surface area contributed by atoms with Crippen LogP contribution in [0.2, 0.25) is 15.1 Å². The second-order valence-corrected chi connectivity index (χ2v) is 7.73. The zero-order valence-electron chi connectivity index (χ0n) is 13.6. The van der Waals surface area contributed by atoms with E-state index in [4.69, 9.17) is 39.5 Å². The molecule has 0 radical (unpaired) electrons. The molecule has 0 bridgehead atoms. The van der Waals surface area contributed by atoms with Gasteiger partial charge in [-0.05, 0) is 57.9 Å². The lowest BCUT2D eigenvalue weighted by Gasteiger charge is -2.12. The molecule has 0 heterocycles. The summed E-state index contributed by atoms with van der Waals surface area (Å²) in [6.45, 7) is 1.03. The van der Waals surface area contributed by atoms with Crippen LogP contribution in [-0.4, -0.2) is 0 Å². The zero-order chi connectivity index (χ0) is 18.5. The van der Waals surface area contributed by atoms with Gasteiger partial charge in [-0.25, -0.2) is 0 Å². The van der Waals surface area contributed by atoms with E-state index in [2.05, 4.69) is 21.2 Å². The van der Waals surface area contributed by atoms with Gasteiger partial charge in [0.25, 0.3) is 0 Å². The minimum absolute atomic E-state index is 0.367. The van der Waals surface area contributed by atoms with E-state index in [1.165, 1.54) is 0 Å². The molecule has 0 aliphatic rings. The number of rotatable bonds is 6. The molecule has 0 aliphatic heterocycles. The Hall–Kier alpha value is -1.39. The fourth-order valence-corrected chi connectivity index (χ4v) is 3.57. The number of halogens is 4. The SMILES string of the molecule is Clc1ccc(COc2ccc(CNc3ccccc3Cl)cc2Br)c(Cl)c1. The number of hydrogen-bond acceptors (Lipinski definition) is 2. The first-order valence-corrected chi connectivity index (χ1v) is 9.79. The second-order valence-electron chi connectivity index (χ2n) is 5.62. The summed E-state index contributed by atoms with van der Waals surface area (Å²) in [5, 5.41) is 5.22. The summed E-state index contributed by atoms with van der Waals surface area (Å²) in [7, 11) is 0. The maximum atomic E-state index is 6.18. The van der Waals surface area contributed by atoms with Crippen LogP contribution in [0, 0.1) is 0 Å². The molecule has 3 aromatic rings. The maximum absolute atomic E-state index is 6.18. The Labute approximate surface area is 176 Å². The quantitative estimate of drug-likeness (QED) is 0.400. The Morgan fingerprint density at radius 2 is 1.69 bits per heavy atom. The largest absolute Gasteiger partial charge is 0.488 e. The lowest BCUT2D eigenvalue weighted by Crippen LogP contribution is -2.01. The lowest BCUT2D eigenvalue weighted by atomic mass is 10.2. The van der Waals surface area contributed by atoms with Crippen LogP contribution in [0.3, 0.4) is 0 Å².